The zero-order valence-corrected chi connectivity index (χ0v) is 13.6. The normalized spacial score (nSPS) is 10.8. The van der Waals surface area contributed by atoms with E-state index in [2.05, 4.69) is 5.32 Å². The lowest BCUT2D eigenvalue weighted by Crippen LogP contribution is -2.21. The number of carbonyl (C=O) groups excluding carboxylic acids is 1. The van der Waals surface area contributed by atoms with E-state index < -0.39 is 0 Å². The Kier molecular flexibility index (Phi) is 6.37. The van der Waals surface area contributed by atoms with Crippen molar-refractivity contribution in [3.8, 4) is 5.75 Å². The summed E-state index contributed by atoms with van der Waals surface area (Å²) in [5.74, 6) is 0.136. The van der Waals surface area contributed by atoms with Crippen LogP contribution in [0.5, 0.6) is 5.75 Å². The van der Waals surface area contributed by atoms with Gasteiger partial charge < -0.3 is 15.8 Å². The van der Waals surface area contributed by atoms with E-state index in [-0.39, 0.29) is 11.7 Å². The highest BCUT2D eigenvalue weighted by atomic mass is 19.1. The van der Waals surface area contributed by atoms with Crippen molar-refractivity contribution in [2.75, 3.05) is 12.3 Å². The number of hydrogen-bond acceptors (Lipinski definition) is 3. The van der Waals surface area contributed by atoms with Crippen molar-refractivity contribution in [1.29, 1.82) is 0 Å². The summed E-state index contributed by atoms with van der Waals surface area (Å²) in [5, 5.41) is 2.76. The highest BCUT2D eigenvalue weighted by molar-refractivity contribution is 5.91. The van der Waals surface area contributed by atoms with E-state index in [0.29, 0.717) is 24.6 Å². The van der Waals surface area contributed by atoms with E-state index in [1.807, 2.05) is 13.0 Å². The van der Waals surface area contributed by atoms with Crippen molar-refractivity contribution < 1.29 is 13.9 Å². The van der Waals surface area contributed by atoms with Crippen LogP contribution < -0.4 is 15.8 Å². The summed E-state index contributed by atoms with van der Waals surface area (Å²) in [6.45, 7) is 2.95. The second-order valence-corrected chi connectivity index (χ2v) is 5.34. The maximum absolute atomic E-state index is 12.9. The number of hydrogen-bond donors (Lipinski definition) is 2. The van der Waals surface area contributed by atoms with Gasteiger partial charge in [0.15, 0.2) is 0 Å². The minimum atomic E-state index is -0.280. The van der Waals surface area contributed by atoms with Crippen molar-refractivity contribution in [1.82, 2.24) is 5.32 Å². The standard InChI is InChI=1S/C19H21FN2O2/c1-2-11-22-19(23)10-6-14-5-9-18(17(21)12-14)24-13-15-3-7-16(20)8-4-15/h3-10,12H,2,11,13,21H2,1H3,(H,22,23)/b10-6-. The predicted octanol–water partition coefficient (Wildman–Crippen LogP) is 3.53. The average molecular weight is 328 g/mol. The molecule has 0 heterocycles. The molecule has 0 atom stereocenters. The predicted molar refractivity (Wildman–Crippen MR) is 93.9 cm³/mol. The highest BCUT2D eigenvalue weighted by Gasteiger charge is 2.03. The number of rotatable bonds is 7. The monoisotopic (exact) mass is 328 g/mol. The first-order valence-electron chi connectivity index (χ1n) is 7.81. The lowest BCUT2D eigenvalue weighted by atomic mass is 10.1. The van der Waals surface area contributed by atoms with Gasteiger partial charge in [0.1, 0.15) is 18.2 Å². The molecular weight excluding hydrogens is 307 g/mol. The van der Waals surface area contributed by atoms with Crippen LogP contribution >= 0.6 is 0 Å². The third-order valence-electron chi connectivity index (χ3n) is 3.32. The van der Waals surface area contributed by atoms with E-state index in [1.54, 1.807) is 30.3 Å². The van der Waals surface area contributed by atoms with Gasteiger partial charge in [-0.25, -0.2) is 4.39 Å². The Morgan fingerprint density at radius 1 is 1.25 bits per heavy atom. The number of ether oxygens (including phenoxy) is 1. The van der Waals surface area contributed by atoms with Crippen molar-refractivity contribution in [3.05, 3.63) is 65.5 Å². The molecule has 4 nitrogen and oxygen atoms in total. The van der Waals surface area contributed by atoms with Gasteiger partial charge in [-0.3, -0.25) is 4.79 Å². The largest absolute Gasteiger partial charge is 0.487 e. The molecule has 2 aromatic carbocycles. The Labute approximate surface area is 141 Å². The molecular formula is C19H21FN2O2. The summed E-state index contributed by atoms with van der Waals surface area (Å²) in [7, 11) is 0. The SMILES string of the molecule is CCCNC(=O)/C=C\c1ccc(OCc2ccc(F)cc2)c(N)c1. The van der Waals surface area contributed by atoms with E-state index in [1.165, 1.54) is 18.2 Å². The number of nitrogens with one attached hydrogen (secondary N) is 1. The maximum atomic E-state index is 12.9. The molecule has 2 rings (SSSR count). The Bertz CT molecular complexity index is 712. The first kappa shape index (κ1) is 17.5. The maximum Gasteiger partial charge on any atom is 0.243 e. The van der Waals surface area contributed by atoms with Gasteiger partial charge in [0, 0.05) is 12.6 Å². The second kappa shape index (κ2) is 8.72. The van der Waals surface area contributed by atoms with E-state index >= 15 is 0 Å². The molecule has 0 spiro atoms. The number of nitrogens with two attached hydrogens (primary N) is 1. The Hall–Kier alpha value is -2.82. The Morgan fingerprint density at radius 2 is 2.00 bits per heavy atom. The summed E-state index contributed by atoms with van der Waals surface area (Å²) < 4.78 is 18.5. The molecule has 24 heavy (non-hydrogen) atoms. The number of nitrogen functional groups attached to an aromatic ring is 1. The average Bonchev–Trinajstić information content (AvgIpc) is 2.58. The van der Waals surface area contributed by atoms with E-state index in [0.717, 1.165) is 17.5 Å². The molecule has 0 aliphatic carbocycles. The molecule has 126 valence electrons. The summed E-state index contributed by atoms with van der Waals surface area (Å²) in [6.07, 6.45) is 4.07. The van der Waals surface area contributed by atoms with Crippen LogP contribution in [-0.2, 0) is 11.4 Å². The van der Waals surface area contributed by atoms with Gasteiger partial charge in [-0.05, 0) is 47.9 Å². The smallest absolute Gasteiger partial charge is 0.243 e. The first-order valence-corrected chi connectivity index (χ1v) is 7.81. The molecule has 0 saturated carbocycles. The van der Waals surface area contributed by atoms with Crippen LogP contribution in [0.4, 0.5) is 10.1 Å². The van der Waals surface area contributed by atoms with Crippen molar-refractivity contribution in [2.45, 2.75) is 20.0 Å². The van der Waals surface area contributed by atoms with E-state index in [9.17, 15) is 9.18 Å². The minimum Gasteiger partial charge on any atom is -0.487 e. The van der Waals surface area contributed by atoms with Crippen LogP contribution in [0.1, 0.15) is 24.5 Å². The van der Waals surface area contributed by atoms with Gasteiger partial charge in [-0.15, -0.1) is 0 Å². The van der Waals surface area contributed by atoms with Crippen molar-refractivity contribution in [2.24, 2.45) is 0 Å². The van der Waals surface area contributed by atoms with Crippen molar-refractivity contribution in [3.63, 3.8) is 0 Å². The van der Waals surface area contributed by atoms with Gasteiger partial charge in [0.25, 0.3) is 0 Å². The van der Waals surface area contributed by atoms with Crippen molar-refractivity contribution >= 4 is 17.7 Å². The Balaban J connectivity index is 1.95. The van der Waals surface area contributed by atoms with Crippen LogP contribution in [0.2, 0.25) is 0 Å². The number of carbonyl (C=O) groups is 1. The van der Waals surface area contributed by atoms with Gasteiger partial charge in [-0.2, -0.15) is 0 Å². The lowest BCUT2D eigenvalue weighted by Gasteiger charge is -2.09. The lowest BCUT2D eigenvalue weighted by molar-refractivity contribution is -0.116. The highest BCUT2D eigenvalue weighted by Crippen LogP contribution is 2.24. The number of halogens is 1. The molecule has 0 fully saturated rings. The number of amides is 1. The zero-order chi connectivity index (χ0) is 17.4. The van der Waals surface area contributed by atoms with Gasteiger partial charge in [-0.1, -0.05) is 25.1 Å². The minimum absolute atomic E-state index is 0.132. The third-order valence-corrected chi connectivity index (χ3v) is 3.32. The molecule has 5 heteroatoms. The quantitative estimate of drug-likeness (QED) is 0.604. The van der Waals surface area contributed by atoms with Crippen LogP contribution in [-0.4, -0.2) is 12.5 Å². The molecule has 0 bridgehead atoms. The van der Waals surface area contributed by atoms with Gasteiger partial charge >= 0.3 is 0 Å². The molecule has 2 aromatic rings. The molecule has 0 aliphatic rings. The molecule has 0 aromatic heterocycles. The third kappa shape index (κ3) is 5.43. The zero-order valence-electron chi connectivity index (χ0n) is 13.6. The molecule has 0 unspecified atom stereocenters. The Morgan fingerprint density at radius 3 is 2.67 bits per heavy atom. The van der Waals surface area contributed by atoms with Gasteiger partial charge in [0.2, 0.25) is 5.91 Å². The molecule has 0 saturated heterocycles. The fourth-order valence-corrected chi connectivity index (χ4v) is 2.02. The first-order chi connectivity index (χ1) is 11.6. The van der Waals surface area contributed by atoms with Crippen LogP contribution in [0.3, 0.4) is 0 Å². The van der Waals surface area contributed by atoms with Crippen LogP contribution in [0.25, 0.3) is 6.08 Å². The van der Waals surface area contributed by atoms with Crippen LogP contribution in [0, 0.1) is 5.82 Å². The second-order valence-electron chi connectivity index (χ2n) is 5.34. The summed E-state index contributed by atoms with van der Waals surface area (Å²) in [4.78, 5) is 11.5. The summed E-state index contributed by atoms with van der Waals surface area (Å²) in [6, 6.07) is 11.4. The fraction of sp³-hybridized carbons (Fsp3) is 0.211. The number of anilines is 1. The molecule has 0 radical (unpaired) electrons. The summed E-state index contributed by atoms with van der Waals surface area (Å²) in [5.41, 5.74) is 8.12. The molecule has 1 amide bonds. The number of benzene rings is 2. The molecule has 0 aliphatic heterocycles. The van der Waals surface area contributed by atoms with E-state index in [4.69, 9.17) is 10.5 Å². The van der Waals surface area contributed by atoms with Crippen LogP contribution in [0.15, 0.2) is 48.5 Å². The summed E-state index contributed by atoms with van der Waals surface area (Å²) >= 11 is 0. The van der Waals surface area contributed by atoms with Gasteiger partial charge in [0.05, 0.1) is 5.69 Å². The fourth-order valence-electron chi connectivity index (χ4n) is 2.02. The molecule has 3 N–H and O–H groups in total. The topological polar surface area (TPSA) is 64.3 Å².